The van der Waals surface area contributed by atoms with Gasteiger partial charge in [-0.2, -0.15) is 0 Å². The first-order chi connectivity index (χ1) is 11.4. The summed E-state index contributed by atoms with van der Waals surface area (Å²) >= 11 is 7.00. The average Bonchev–Trinajstić information content (AvgIpc) is 2.96. The van der Waals surface area contributed by atoms with Crippen molar-refractivity contribution >= 4 is 34.2 Å². The van der Waals surface area contributed by atoms with Gasteiger partial charge in [-0.1, -0.05) is 56.9 Å². The van der Waals surface area contributed by atoms with Crippen molar-refractivity contribution in [3.8, 4) is 5.75 Å². The van der Waals surface area contributed by atoms with Gasteiger partial charge in [0.05, 0.1) is 19.1 Å². The molecule has 2 rings (SSSR count). The van der Waals surface area contributed by atoms with E-state index in [1.807, 2.05) is 31.2 Å². The number of ether oxygens (including phenoxy) is 2. The number of hydrogen-bond donors (Lipinski definition) is 0. The summed E-state index contributed by atoms with van der Waals surface area (Å²) in [7, 11) is 3.26. The molecule has 1 fully saturated rings. The van der Waals surface area contributed by atoms with Crippen LogP contribution in [0.25, 0.3) is 0 Å². The molecule has 132 valence electrons. The molecule has 1 heterocycles. The summed E-state index contributed by atoms with van der Waals surface area (Å²) in [5, 5.41) is 0. The summed E-state index contributed by atoms with van der Waals surface area (Å²) in [6.45, 7) is 6.15. The maximum atomic E-state index is 13.1. The predicted octanol–water partition coefficient (Wildman–Crippen LogP) is 3.90. The molecule has 0 N–H and O–H groups in total. The molecule has 3 atom stereocenters. The van der Waals surface area contributed by atoms with Gasteiger partial charge < -0.3 is 9.47 Å². The molecule has 0 unspecified atom stereocenters. The molecular formula is C18H25NO3S2. The van der Waals surface area contributed by atoms with Crippen molar-refractivity contribution in [2.45, 2.75) is 32.9 Å². The summed E-state index contributed by atoms with van der Waals surface area (Å²) in [5.74, 6) is 1.68. The second kappa shape index (κ2) is 8.32. The fraction of sp³-hybridized carbons (Fsp3) is 0.556. The maximum Gasteiger partial charge on any atom is 0.234 e. The van der Waals surface area contributed by atoms with E-state index in [-0.39, 0.29) is 24.0 Å². The third kappa shape index (κ3) is 3.92. The molecule has 0 aliphatic carbocycles. The minimum absolute atomic E-state index is 0.0263. The average molecular weight is 368 g/mol. The van der Waals surface area contributed by atoms with Gasteiger partial charge in [0, 0.05) is 18.9 Å². The van der Waals surface area contributed by atoms with Crippen LogP contribution in [0.2, 0.25) is 0 Å². The van der Waals surface area contributed by atoms with Crippen molar-refractivity contribution in [1.29, 1.82) is 0 Å². The Labute approximate surface area is 153 Å². The predicted molar refractivity (Wildman–Crippen MR) is 102 cm³/mol. The maximum absolute atomic E-state index is 13.1. The van der Waals surface area contributed by atoms with Crippen LogP contribution in [0.3, 0.4) is 0 Å². The lowest BCUT2D eigenvalue weighted by Gasteiger charge is -2.31. The Kier molecular flexibility index (Phi) is 6.66. The zero-order valence-corrected chi connectivity index (χ0v) is 16.4. The lowest BCUT2D eigenvalue weighted by molar-refractivity contribution is -0.137. The molecule has 0 spiro atoms. The number of benzene rings is 1. The first kappa shape index (κ1) is 19.2. The number of methoxy groups -OCH3 is 2. The van der Waals surface area contributed by atoms with E-state index >= 15 is 0 Å². The van der Waals surface area contributed by atoms with E-state index in [1.165, 1.54) is 0 Å². The molecule has 24 heavy (non-hydrogen) atoms. The minimum atomic E-state index is -0.339. The SMILES string of the molecule is COc1cccc([C@@H](OC)[C@@H](C)C(=O)N2C(=S)SC[C@@H]2C(C)C)c1. The lowest BCUT2D eigenvalue weighted by atomic mass is 9.94. The van der Waals surface area contributed by atoms with Crippen molar-refractivity contribution in [2.75, 3.05) is 20.0 Å². The lowest BCUT2D eigenvalue weighted by Crippen LogP contribution is -2.45. The Morgan fingerprint density at radius 2 is 2.04 bits per heavy atom. The number of rotatable bonds is 6. The highest BCUT2D eigenvalue weighted by molar-refractivity contribution is 8.23. The van der Waals surface area contributed by atoms with E-state index in [1.54, 1.807) is 30.9 Å². The van der Waals surface area contributed by atoms with Gasteiger partial charge in [-0.3, -0.25) is 9.69 Å². The number of nitrogens with zero attached hydrogens (tertiary/aromatic N) is 1. The second-order valence-electron chi connectivity index (χ2n) is 6.32. The number of carbonyl (C=O) groups excluding carboxylic acids is 1. The van der Waals surface area contributed by atoms with Gasteiger partial charge in [0.25, 0.3) is 0 Å². The zero-order chi connectivity index (χ0) is 17.9. The van der Waals surface area contributed by atoms with Crippen LogP contribution in [-0.4, -0.2) is 41.1 Å². The van der Waals surface area contributed by atoms with Gasteiger partial charge in [0.15, 0.2) is 0 Å². The number of amides is 1. The second-order valence-corrected chi connectivity index (χ2v) is 7.97. The fourth-order valence-electron chi connectivity index (χ4n) is 2.98. The minimum Gasteiger partial charge on any atom is -0.497 e. The molecular weight excluding hydrogens is 342 g/mol. The molecule has 0 aromatic heterocycles. The third-order valence-electron chi connectivity index (χ3n) is 4.43. The Hall–Kier alpha value is -1.11. The Bertz CT molecular complexity index is 606. The largest absolute Gasteiger partial charge is 0.497 e. The van der Waals surface area contributed by atoms with Crippen LogP contribution in [0.4, 0.5) is 0 Å². The fourth-order valence-corrected chi connectivity index (χ4v) is 4.62. The van der Waals surface area contributed by atoms with Crippen LogP contribution in [0, 0.1) is 11.8 Å². The molecule has 1 aromatic rings. The quantitative estimate of drug-likeness (QED) is 0.713. The van der Waals surface area contributed by atoms with E-state index < -0.39 is 0 Å². The van der Waals surface area contributed by atoms with E-state index in [0.29, 0.717) is 10.2 Å². The number of thioether (sulfide) groups is 1. The molecule has 6 heteroatoms. The van der Waals surface area contributed by atoms with Gasteiger partial charge in [-0.25, -0.2) is 0 Å². The number of thiocarbonyl (C=S) groups is 1. The van der Waals surface area contributed by atoms with Crippen molar-refractivity contribution in [3.63, 3.8) is 0 Å². The van der Waals surface area contributed by atoms with E-state index in [0.717, 1.165) is 17.1 Å². The Morgan fingerprint density at radius 1 is 1.33 bits per heavy atom. The van der Waals surface area contributed by atoms with Gasteiger partial charge in [-0.05, 0) is 23.6 Å². The first-order valence-corrected chi connectivity index (χ1v) is 9.46. The summed E-state index contributed by atoms with van der Waals surface area (Å²) in [4.78, 5) is 14.9. The molecule has 0 radical (unpaired) electrons. The molecule has 0 bridgehead atoms. The van der Waals surface area contributed by atoms with Crippen molar-refractivity contribution < 1.29 is 14.3 Å². The molecule has 0 saturated carbocycles. The van der Waals surface area contributed by atoms with Gasteiger partial charge in [0.2, 0.25) is 5.91 Å². The first-order valence-electron chi connectivity index (χ1n) is 8.07. The van der Waals surface area contributed by atoms with E-state index in [4.69, 9.17) is 21.7 Å². The molecule has 1 aromatic carbocycles. The highest BCUT2D eigenvalue weighted by atomic mass is 32.2. The van der Waals surface area contributed by atoms with Gasteiger partial charge in [0.1, 0.15) is 10.1 Å². The van der Waals surface area contributed by atoms with Crippen LogP contribution in [0.5, 0.6) is 5.75 Å². The topological polar surface area (TPSA) is 38.8 Å². The van der Waals surface area contributed by atoms with Crippen LogP contribution in [0.15, 0.2) is 24.3 Å². The van der Waals surface area contributed by atoms with Gasteiger partial charge >= 0.3 is 0 Å². The van der Waals surface area contributed by atoms with E-state index in [2.05, 4.69) is 13.8 Å². The van der Waals surface area contributed by atoms with Crippen molar-refractivity contribution in [1.82, 2.24) is 4.90 Å². The Balaban J connectivity index is 2.25. The third-order valence-corrected chi connectivity index (χ3v) is 5.93. The molecule has 1 aliphatic rings. The summed E-state index contributed by atoms with van der Waals surface area (Å²) < 4.78 is 11.6. The van der Waals surface area contributed by atoms with Crippen molar-refractivity contribution in [2.24, 2.45) is 11.8 Å². The normalized spacial score (nSPS) is 20.3. The molecule has 1 aliphatic heterocycles. The van der Waals surface area contributed by atoms with Crippen molar-refractivity contribution in [3.05, 3.63) is 29.8 Å². The number of hydrogen-bond acceptors (Lipinski definition) is 5. The smallest absolute Gasteiger partial charge is 0.234 e. The Morgan fingerprint density at radius 3 is 2.62 bits per heavy atom. The molecule has 1 amide bonds. The highest BCUT2D eigenvalue weighted by Gasteiger charge is 2.40. The molecule has 1 saturated heterocycles. The highest BCUT2D eigenvalue weighted by Crippen LogP contribution is 2.34. The van der Waals surface area contributed by atoms with Crippen LogP contribution < -0.4 is 4.74 Å². The summed E-state index contributed by atoms with van der Waals surface area (Å²) in [6, 6.07) is 7.81. The monoisotopic (exact) mass is 367 g/mol. The zero-order valence-electron chi connectivity index (χ0n) is 14.8. The summed E-state index contributed by atoms with van der Waals surface area (Å²) in [6.07, 6.45) is -0.339. The number of carbonyl (C=O) groups is 1. The van der Waals surface area contributed by atoms with E-state index in [9.17, 15) is 4.79 Å². The van der Waals surface area contributed by atoms with Crippen LogP contribution in [0.1, 0.15) is 32.4 Å². The standard InChI is InChI=1S/C18H25NO3S2/c1-11(2)15-10-24-18(23)19(15)17(20)12(3)16(22-5)13-7-6-8-14(9-13)21-4/h6-9,11-12,15-16H,10H2,1-5H3/t12-,15-,16+/m1/s1. The van der Waals surface area contributed by atoms with Crippen LogP contribution >= 0.6 is 24.0 Å². The van der Waals surface area contributed by atoms with Gasteiger partial charge in [-0.15, -0.1) is 0 Å². The summed E-state index contributed by atoms with van der Waals surface area (Å²) in [5.41, 5.74) is 0.927. The molecule has 4 nitrogen and oxygen atoms in total. The van der Waals surface area contributed by atoms with Crippen LogP contribution in [-0.2, 0) is 9.53 Å².